The zero-order valence-electron chi connectivity index (χ0n) is 13.2. The van der Waals surface area contributed by atoms with Gasteiger partial charge in [0.2, 0.25) is 0 Å². The first-order valence-corrected chi connectivity index (χ1v) is 7.92. The molecule has 1 saturated heterocycles. The lowest BCUT2D eigenvalue weighted by Crippen LogP contribution is -2.39. The Balaban J connectivity index is 0.00000192. The van der Waals surface area contributed by atoms with E-state index in [0.717, 1.165) is 32.4 Å². The van der Waals surface area contributed by atoms with Crippen LogP contribution in [0.5, 0.6) is 0 Å². The Bertz CT molecular complexity index is 637. The monoisotopic (exact) mass is 330 g/mol. The molecule has 0 saturated carbocycles. The Morgan fingerprint density at radius 3 is 2.26 bits per heavy atom. The van der Waals surface area contributed by atoms with Gasteiger partial charge in [0, 0.05) is 18.8 Å². The van der Waals surface area contributed by atoms with Crippen LogP contribution in [0.2, 0.25) is 0 Å². The van der Waals surface area contributed by atoms with Crippen molar-refractivity contribution >= 4 is 24.0 Å². The molecule has 4 heteroatoms. The SMILES string of the molecule is Cl.Nc1ccccc1C(=O)N1CCC(Cc2ccccc2)CC1. The first-order chi connectivity index (χ1) is 10.7. The molecule has 2 aromatic rings. The summed E-state index contributed by atoms with van der Waals surface area (Å²) in [5.41, 5.74) is 8.50. The number of carbonyl (C=O) groups excluding carboxylic acids is 1. The van der Waals surface area contributed by atoms with Gasteiger partial charge in [-0.1, -0.05) is 42.5 Å². The second-order valence-corrected chi connectivity index (χ2v) is 6.01. The molecule has 0 radical (unpaired) electrons. The van der Waals surface area contributed by atoms with Crippen molar-refractivity contribution in [2.24, 2.45) is 5.92 Å². The highest BCUT2D eigenvalue weighted by Gasteiger charge is 2.24. The molecule has 0 unspecified atom stereocenters. The van der Waals surface area contributed by atoms with Crippen molar-refractivity contribution in [3.05, 3.63) is 65.7 Å². The van der Waals surface area contributed by atoms with Crippen molar-refractivity contribution in [3.8, 4) is 0 Å². The minimum atomic E-state index is 0. The van der Waals surface area contributed by atoms with Gasteiger partial charge in [-0.2, -0.15) is 0 Å². The smallest absolute Gasteiger partial charge is 0.255 e. The topological polar surface area (TPSA) is 46.3 Å². The number of hydrogen-bond acceptors (Lipinski definition) is 2. The Hall–Kier alpha value is -2.00. The molecule has 1 aliphatic rings. The van der Waals surface area contributed by atoms with Gasteiger partial charge in [-0.05, 0) is 42.9 Å². The molecule has 122 valence electrons. The number of rotatable bonds is 3. The average Bonchev–Trinajstić information content (AvgIpc) is 2.56. The molecule has 0 aromatic heterocycles. The van der Waals surface area contributed by atoms with Gasteiger partial charge in [-0.25, -0.2) is 0 Å². The van der Waals surface area contributed by atoms with E-state index in [0.29, 0.717) is 17.2 Å². The molecule has 2 aromatic carbocycles. The van der Waals surface area contributed by atoms with E-state index < -0.39 is 0 Å². The van der Waals surface area contributed by atoms with Crippen molar-refractivity contribution in [3.63, 3.8) is 0 Å². The first kappa shape index (κ1) is 17.4. The highest BCUT2D eigenvalue weighted by Crippen LogP contribution is 2.24. The van der Waals surface area contributed by atoms with Crippen LogP contribution in [0.15, 0.2) is 54.6 Å². The lowest BCUT2D eigenvalue weighted by atomic mass is 9.90. The van der Waals surface area contributed by atoms with E-state index in [1.807, 2.05) is 23.1 Å². The summed E-state index contributed by atoms with van der Waals surface area (Å²) < 4.78 is 0. The van der Waals surface area contributed by atoms with Crippen LogP contribution in [-0.4, -0.2) is 23.9 Å². The number of amides is 1. The first-order valence-electron chi connectivity index (χ1n) is 7.92. The van der Waals surface area contributed by atoms with E-state index in [9.17, 15) is 4.79 Å². The third-order valence-corrected chi connectivity index (χ3v) is 4.46. The standard InChI is InChI=1S/C19H22N2O.ClH/c20-18-9-5-4-8-17(18)19(22)21-12-10-16(11-13-21)14-15-6-2-1-3-7-15;/h1-9,16H,10-14,20H2;1H. The van der Waals surface area contributed by atoms with E-state index in [2.05, 4.69) is 30.3 Å². The number of hydrogen-bond donors (Lipinski definition) is 1. The van der Waals surface area contributed by atoms with Crippen LogP contribution < -0.4 is 5.73 Å². The molecule has 2 N–H and O–H groups in total. The highest BCUT2D eigenvalue weighted by molar-refractivity contribution is 5.99. The molecular formula is C19H23ClN2O. The maximum atomic E-state index is 12.5. The third-order valence-electron chi connectivity index (χ3n) is 4.46. The Morgan fingerprint density at radius 2 is 1.61 bits per heavy atom. The molecule has 1 amide bonds. The molecule has 3 rings (SSSR count). The summed E-state index contributed by atoms with van der Waals surface area (Å²) >= 11 is 0. The van der Waals surface area contributed by atoms with Gasteiger partial charge < -0.3 is 10.6 Å². The van der Waals surface area contributed by atoms with Crippen LogP contribution in [0.3, 0.4) is 0 Å². The lowest BCUT2D eigenvalue weighted by Gasteiger charge is -2.32. The van der Waals surface area contributed by atoms with E-state index in [1.54, 1.807) is 6.07 Å². The molecule has 3 nitrogen and oxygen atoms in total. The van der Waals surface area contributed by atoms with Crippen LogP contribution >= 0.6 is 12.4 Å². The minimum Gasteiger partial charge on any atom is -0.398 e. The minimum absolute atomic E-state index is 0. The number of likely N-dealkylation sites (tertiary alicyclic amines) is 1. The predicted molar refractivity (Wildman–Crippen MR) is 96.9 cm³/mol. The molecule has 0 aliphatic carbocycles. The van der Waals surface area contributed by atoms with Crippen molar-refractivity contribution in [2.45, 2.75) is 19.3 Å². The fourth-order valence-electron chi connectivity index (χ4n) is 3.15. The molecule has 0 spiro atoms. The van der Waals surface area contributed by atoms with Crippen molar-refractivity contribution in [1.82, 2.24) is 4.90 Å². The van der Waals surface area contributed by atoms with Gasteiger partial charge in [-0.15, -0.1) is 12.4 Å². The molecule has 1 heterocycles. The quantitative estimate of drug-likeness (QED) is 0.870. The number of nitrogens with zero attached hydrogens (tertiary/aromatic N) is 1. The number of nitrogens with two attached hydrogens (primary N) is 1. The lowest BCUT2D eigenvalue weighted by molar-refractivity contribution is 0.0691. The third kappa shape index (κ3) is 4.26. The number of nitrogen functional groups attached to an aromatic ring is 1. The van der Waals surface area contributed by atoms with Crippen LogP contribution in [0.1, 0.15) is 28.8 Å². The van der Waals surface area contributed by atoms with E-state index in [4.69, 9.17) is 5.73 Å². The van der Waals surface area contributed by atoms with Gasteiger partial charge in [0.25, 0.3) is 5.91 Å². The number of anilines is 1. The maximum Gasteiger partial charge on any atom is 0.255 e. The Morgan fingerprint density at radius 1 is 1.00 bits per heavy atom. The van der Waals surface area contributed by atoms with E-state index in [-0.39, 0.29) is 18.3 Å². The zero-order chi connectivity index (χ0) is 15.4. The van der Waals surface area contributed by atoms with Gasteiger partial charge >= 0.3 is 0 Å². The van der Waals surface area contributed by atoms with E-state index >= 15 is 0 Å². The van der Waals surface area contributed by atoms with Crippen molar-refractivity contribution < 1.29 is 4.79 Å². The molecular weight excluding hydrogens is 308 g/mol. The molecule has 1 aliphatic heterocycles. The second-order valence-electron chi connectivity index (χ2n) is 6.01. The van der Waals surface area contributed by atoms with Gasteiger partial charge in [0.15, 0.2) is 0 Å². The summed E-state index contributed by atoms with van der Waals surface area (Å²) in [5.74, 6) is 0.732. The zero-order valence-corrected chi connectivity index (χ0v) is 14.0. The fraction of sp³-hybridized carbons (Fsp3) is 0.316. The normalized spacial score (nSPS) is 15.0. The van der Waals surface area contributed by atoms with Crippen LogP contribution in [0.4, 0.5) is 5.69 Å². The molecule has 23 heavy (non-hydrogen) atoms. The number of benzene rings is 2. The number of para-hydroxylation sites is 1. The largest absolute Gasteiger partial charge is 0.398 e. The highest BCUT2D eigenvalue weighted by atomic mass is 35.5. The number of piperidine rings is 1. The number of carbonyl (C=O) groups is 1. The summed E-state index contributed by atoms with van der Waals surface area (Å²) in [6, 6.07) is 17.9. The Kier molecular flexibility index (Phi) is 6.05. The van der Waals surface area contributed by atoms with Crippen LogP contribution in [0.25, 0.3) is 0 Å². The van der Waals surface area contributed by atoms with Crippen LogP contribution in [0, 0.1) is 5.92 Å². The fourth-order valence-corrected chi connectivity index (χ4v) is 3.15. The molecule has 0 atom stereocenters. The number of halogens is 1. The summed E-state index contributed by atoms with van der Waals surface area (Å²) in [6.07, 6.45) is 3.23. The van der Waals surface area contributed by atoms with Crippen LogP contribution in [-0.2, 0) is 6.42 Å². The van der Waals surface area contributed by atoms with Crippen molar-refractivity contribution in [1.29, 1.82) is 0 Å². The van der Waals surface area contributed by atoms with Gasteiger partial charge in [-0.3, -0.25) is 4.79 Å². The Labute approximate surface area is 143 Å². The maximum absolute atomic E-state index is 12.5. The molecule has 0 bridgehead atoms. The summed E-state index contributed by atoms with van der Waals surface area (Å²) in [6.45, 7) is 1.65. The van der Waals surface area contributed by atoms with Crippen molar-refractivity contribution in [2.75, 3.05) is 18.8 Å². The predicted octanol–water partition coefficient (Wildman–Crippen LogP) is 3.79. The summed E-state index contributed by atoms with van der Waals surface area (Å²) in [7, 11) is 0. The molecule has 1 fully saturated rings. The van der Waals surface area contributed by atoms with E-state index in [1.165, 1.54) is 5.56 Å². The van der Waals surface area contributed by atoms with Gasteiger partial charge in [0.05, 0.1) is 5.56 Å². The summed E-state index contributed by atoms with van der Waals surface area (Å²) in [4.78, 5) is 14.5. The van der Waals surface area contributed by atoms with Gasteiger partial charge in [0.1, 0.15) is 0 Å². The second kappa shape index (κ2) is 8.02. The summed E-state index contributed by atoms with van der Waals surface area (Å²) in [5, 5.41) is 0. The average molecular weight is 331 g/mol.